The Bertz CT molecular complexity index is 2160. The minimum absolute atomic E-state index is 0.152. The molecule has 0 unspecified atom stereocenters. The van der Waals surface area contributed by atoms with Crippen molar-refractivity contribution < 1.29 is 28.1 Å². The zero-order valence-electron chi connectivity index (χ0n) is 26.6. The zero-order valence-corrected chi connectivity index (χ0v) is 27.5. The van der Waals surface area contributed by atoms with Crippen molar-refractivity contribution >= 4 is 29.1 Å². The van der Waals surface area contributed by atoms with Crippen molar-refractivity contribution in [2.24, 2.45) is 4.99 Å². The first-order chi connectivity index (χ1) is 23.4. The molecule has 0 radical (unpaired) electrons. The maximum absolute atomic E-state index is 14.3. The van der Waals surface area contributed by atoms with Crippen LogP contribution < -0.4 is 29.1 Å². The van der Waals surface area contributed by atoms with Crippen molar-refractivity contribution in [2.45, 2.75) is 26.5 Å². The Kier molecular flexibility index (Phi) is 9.82. The van der Waals surface area contributed by atoms with E-state index in [1.54, 1.807) is 50.4 Å². The van der Waals surface area contributed by atoms with Gasteiger partial charge in [-0.05, 0) is 61.4 Å². The van der Waals surface area contributed by atoms with E-state index in [-0.39, 0.29) is 30.2 Å². The molecular weight excluding hydrogens is 631 g/mol. The number of fused-ring (bicyclic) bond motifs is 1. The van der Waals surface area contributed by atoms with Crippen LogP contribution in [0.2, 0.25) is 0 Å². The Hall–Kier alpha value is -5.48. The van der Waals surface area contributed by atoms with Gasteiger partial charge in [0.05, 0.1) is 36.1 Å². The maximum Gasteiger partial charge on any atom is 0.338 e. The van der Waals surface area contributed by atoms with Crippen molar-refractivity contribution in [2.75, 3.05) is 20.3 Å². The fourth-order valence-corrected chi connectivity index (χ4v) is 6.52. The number of halogens is 1. The number of hydrogen-bond donors (Lipinski definition) is 0. The number of benzene rings is 4. The van der Waals surface area contributed by atoms with Crippen LogP contribution in [0.3, 0.4) is 0 Å². The molecule has 0 fully saturated rings. The molecule has 0 saturated heterocycles. The summed E-state index contributed by atoms with van der Waals surface area (Å²) in [5.74, 6) is 0.659. The minimum atomic E-state index is -0.866. The minimum Gasteiger partial charge on any atom is -0.496 e. The van der Waals surface area contributed by atoms with Crippen molar-refractivity contribution in [1.29, 1.82) is 0 Å². The number of aromatic nitrogens is 1. The summed E-state index contributed by atoms with van der Waals surface area (Å²) in [4.78, 5) is 33.4. The third-order valence-electron chi connectivity index (χ3n) is 7.68. The van der Waals surface area contributed by atoms with Crippen molar-refractivity contribution in [3.63, 3.8) is 0 Å². The van der Waals surface area contributed by atoms with Crippen LogP contribution in [-0.4, -0.2) is 30.9 Å². The van der Waals surface area contributed by atoms with Gasteiger partial charge in [0.15, 0.2) is 16.3 Å². The van der Waals surface area contributed by atoms with Crippen molar-refractivity contribution in [3.8, 4) is 17.2 Å². The van der Waals surface area contributed by atoms with Gasteiger partial charge in [0.1, 0.15) is 24.2 Å². The number of methoxy groups -OCH3 is 1. The average Bonchev–Trinajstić information content (AvgIpc) is 3.42. The van der Waals surface area contributed by atoms with E-state index in [1.807, 2.05) is 61.5 Å². The second-order valence-corrected chi connectivity index (χ2v) is 11.7. The van der Waals surface area contributed by atoms with Gasteiger partial charge in [0.2, 0.25) is 0 Å². The predicted molar refractivity (Wildman–Crippen MR) is 182 cm³/mol. The van der Waals surface area contributed by atoms with E-state index >= 15 is 0 Å². The van der Waals surface area contributed by atoms with Crippen molar-refractivity contribution in [3.05, 3.63) is 150 Å². The first kappa shape index (κ1) is 32.5. The quantitative estimate of drug-likeness (QED) is 0.160. The molecule has 1 atom stereocenters. The number of para-hydroxylation sites is 1. The standard InChI is InChI=1S/C38H33FN2O6S/c1-4-45-31-21-25(17-20-30(31)47-23-24-15-18-27(39)19-16-24)22-32-36(42)41-35(28-13-9-10-14-29(28)44-3)33(37(43)46-5-2)34(40-38(41)48-32)26-11-7-6-8-12-26/h6-22,35H,4-5,23H2,1-3H3/t35-/m1/s1. The monoisotopic (exact) mass is 664 g/mol. The lowest BCUT2D eigenvalue weighted by molar-refractivity contribution is -0.138. The summed E-state index contributed by atoms with van der Waals surface area (Å²) in [7, 11) is 1.55. The summed E-state index contributed by atoms with van der Waals surface area (Å²) in [5.41, 5.74) is 3.21. The highest BCUT2D eigenvalue weighted by Gasteiger charge is 2.36. The van der Waals surface area contributed by atoms with Gasteiger partial charge in [-0.15, -0.1) is 0 Å². The molecule has 0 amide bonds. The van der Waals surface area contributed by atoms with E-state index in [9.17, 15) is 14.0 Å². The maximum atomic E-state index is 14.3. The summed E-state index contributed by atoms with van der Waals surface area (Å²) >= 11 is 1.22. The molecule has 10 heteroatoms. The first-order valence-electron chi connectivity index (χ1n) is 15.5. The largest absolute Gasteiger partial charge is 0.496 e. The highest BCUT2D eigenvalue weighted by atomic mass is 32.1. The molecule has 4 aromatic carbocycles. The molecule has 0 spiro atoms. The van der Waals surface area contributed by atoms with Gasteiger partial charge in [-0.2, -0.15) is 0 Å². The van der Waals surface area contributed by atoms with Crippen LogP contribution in [0, 0.1) is 5.82 Å². The summed E-state index contributed by atoms with van der Waals surface area (Å²) in [6.07, 6.45) is 1.77. The van der Waals surface area contributed by atoms with E-state index in [1.165, 1.54) is 28.0 Å². The van der Waals surface area contributed by atoms with Gasteiger partial charge >= 0.3 is 5.97 Å². The number of carbonyl (C=O) groups is 1. The lowest BCUT2D eigenvalue weighted by Crippen LogP contribution is -2.40. The van der Waals surface area contributed by atoms with Crippen LogP contribution in [0.25, 0.3) is 11.8 Å². The lowest BCUT2D eigenvalue weighted by atomic mass is 9.92. The molecule has 48 heavy (non-hydrogen) atoms. The number of ether oxygens (including phenoxy) is 4. The smallest absolute Gasteiger partial charge is 0.338 e. The van der Waals surface area contributed by atoms with E-state index in [4.69, 9.17) is 23.9 Å². The van der Waals surface area contributed by atoms with Gasteiger partial charge in [-0.3, -0.25) is 9.36 Å². The molecule has 1 aliphatic rings. The van der Waals surface area contributed by atoms with Gasteiger partial charge in [-0.25, -0.2) is 14.2 Å². The number of nitrogens with zero attached hydrogens (tertiary/aromatic N) is 2. The highest BCUT2D eigenvalue weighted by molar-refractivity contribution is 7.07. The Morgan fingerprint density at radius 3 is 2.38 bits per heavy atom. The normalized spacial score (nSPS) is 14.2. The Morgan fingerprint density at radius 1 is 0.896 bits per heavy atom. The fraction of sp³-hybridized carbons (Fsp3) is 0.184. The third-order valence-corrected chi connectivity index (χ3v) is 8.66. The molecule has 1 aliphatic heterocycles. The summed E-state index contributed by atoms with van der Waals surface area (Å²) in [5, 5.41) is 0. The van der Waals surface area contributed by atoms with Crippen molar-refractivity contribution in [1.82, 2.24) is 4.57 Å². The Balaban J connectivity index is 1.49. The molecular formula is C38H33FN2O6S. The molecule has 244 valence electrons. The SMILES string of the molecule is CCOC(=O)C1=C(c2ccccc2)N=c2sc(=Cc3ccc(OCc4ccc(F)cc4)c(OCC)c3)c(=O)n2[C@@H]1c1ccccc1OC. The molecule has 0 aliphatic carbocycles. The second-order valence-electron chi connectivity index (χ2n) is 10.7. The Morgan fingerprint density at radius 2 is 1.65 bits per heavy atom. The summed E-state index contributed by atoms with van der Waals surface area (Å²) < 4.78 is 38.5. The summed E-state index contributed by atoms with van der Waals surface area (Å²) in [6.45, 7) is 4.39. The van der Waals surface area contributed by atoms with Crippen LogP contribution in [-0.2, 0) is 16.1 Å². The lowest BCUT2D eigenvalue weighted by Gasteiger charge is -2.27. The van der Waals surface area contributed by atoms with Crippen LogP contribution in [0.5, 0.6) is 17.2 Å². The third kappa shape index (κ3) is 6.65. The molecule has 2 heterocycles. The van der Waals surface area contributed by atoms with Gasteiger partial charge < -0.3 is 18.9 Å². The molecule has 8 nitrogen and oxygen atoms in total. The van der Waals surface area contributed by atoms with E-state index in [2.05, 4.69) is 0 Å². The number of thiazole rings is 1. The summed E-state index contributed by atoms with van der Waals surface area (Å²) in [6, 6.07) is 27.3. The van der Waals surface area contributed by atoms with Crippen LogP contribution >= 0.6 is 11.3 Å². The first-order valence-corrected chi connectivity index (χ1v) is 16.3. The molecule has 0 N–H and O–H groups in total. The van der Waals surface area contributed by atoms with Gasteiger partial charge in [0, 0.05) is 11.1 Å². The number of hydrogen-bond acceptors (Lipinski definition) is 8. The zero-order chi connectivity index (χ0) is 33.6. The number of carbonyl (C=O) groups excluding carboxylic acids is 1. The van der Waals surface area contributed by atoms with E-state index in [0.29, 0.717) is 50.0 Å². The van der Waals surface area contributed by atoms with E-state index < -0.39 is 12.0 Å². The van der Waals surface area contributed by atoms with Gasteiger partial charge in [0.25, 0.3) is 5.56 Å². The van der Waals surface area contributed by atoms with Crippen LogP contribution in [0.1, 0.15) is 42.1 Å². The second kappa shape index (κ2) is 14.5. The molecule has 1 aromatic heterocycles. The molecule has 5 aromatic rings. The molecule has 6 rings (SSSR count). The van der Waals surface area contributed by atoms with Gasteiger partial charge in [-0.1, -0.05) is 78.1 Å². The predicted octanol–water partition coefficient (Wildman–Crippen LogP) is 6.06. The fourth-order valence-electron chi connectivity index (χ4n) is 5.52. The van der Waals surface area contributed by atoms with Crippen LogP contribution in [0.4, 0.5) is 4.39 Å². The highest BCUT2D eigenvalue weighted by Crippen LogP contribution is 2.38. The molecule has 0 bridgehead atoms. The number of esters is 1. The van der Waals surface area contributed by atoms with E-state index in [0.717, 1.165) is 11.1 Å². The van der Waals surface area contributed by atoms with Crippen LogP contribution in [0.15, 0.2) is 112 Å². The Labute approximate surface area is 280 Å². The topological polar surface area (TPSA) is 88.4 Å². The average molecular weight is 665 g/mol. The number of rotatable bonds is 11. The molecule has 0 saturated carbocycles.